The van der Waals surface area contributed by atoms with E-state index in [4.69, 9.17) is 14.2 Å². The van der Waals surface area contributed by atoms with Crippen LogP contribution in [0.5, 0.6) is 0 Å². The van der Waals surface area contributed by atoms with Crippen LogP contribution < -0.4 is 0 Å². The fraction of sp³-hybridized carbons (Fsp3) is 1.00. The summed E-state index contributed by atoms with van der Waals surface area (Å²) in [5.41, 5.74) is 0. The molecule has 44 heavy (non-hydrogen) atoms. The second-order valence-corrected chi connectivity index (χ2v) is 13.6. The van der Waals surface area contributed by atoms with Crippen molar-refractivity contribution in [3.63, 3.8) is 0 Å². The molecule has 1 heterocycles. The minimum Gasteiger partial charge on any atom is -0.394 e. The summed E-state index contributed by atoms with van der Waals surface area (Å²) in [7, 11) is 0. The van der Waals surface area contributed by atoms with Gasteiger partial charge in [0.1, 0.15) is 24.4 Å². The van der Waals surface area contributed by atoms with Crippen LogP contribution in [0, 0.1) is 0 Å². The molecule has 0 aromatic rings. The molecule has 5 atom stereocenters. The summed E-state index contributed by atoms with van der Waals surface area (Å²) in [6, 6.07) is 0. The quantitative estimate of drug-likeness (QED) is 0.0627. The van der Waals surface area contributed by atoms with Crippen molar-refractivity contribution in [1.82, 2.24) is 0 Å². The number of unbranched alkanes of at least 4 members (excludes halogenated alkanes) is 26. The lowest BCUT2D eigenvalue weighted by molar-refractivity contribution is -0.303. The van der Waals surface area contributed by atoms with Gasteiger partial charge in [-0.15, -0.1) is 0 Å². The van der Waals surface area contributed by atoms with Crippen molar-refractivity contribution in [2.45, 2.75) is 224 Å². The number of hydrogen-bond acceptors (Lipinski definition) is 6. The minimum atomic E-state index is -1.21. The number of ether oxygens (including phenoxy) is 3. The summed E-state index contributed by atoms with van der Waals surface area (Å²) in [6.45, 7) is 5.22. The highest BCUT2D eigenvalue weighted by Crippen LogP contribution is 2.26. The third-order valence-electron chi connectivity index (χ3n) is 9.43. The summed E-state index contributed by atoms with van der Waals surface area (Å²) in [4.78, 5) is 0. The SMILES string of the molecule is CCCCCCCCCCCCCCCCO[C@@H]1[C@@H](OCCCCCCCCCCCCCCCC)[C@H](O)[C@@H](CO)O[C@H]1O. The fourth-order valence-electron chi connectivity index (χ4n) is 6.46. The van der Waals surface area contributed by atoms with Crippen LogP contribution >= 0.6 is 0 Å². The molecule has 0 aromatic heterocycles. The van der Waals surface area contributed by atoms with Crippen LogP contribution in [0.4, 0.5) is 0 Å². The first-order chi connectivity index (χ1) is 21.7. The third kappa shape index (κ3) is 22.3. The molecule has 0 saturated carbocycles. The van der Waals surface area contributed by atoms with Gasteiger partial charge < -0.3 is 29.5 Å². The highest BCUT2D eigenvalue weighted by molar-refractivity contribution is 4.90. The molecule has 264 valence electrons. The molecular formula is C38H76O6. The molecule has 0 amide bonds. The highest BCUT2D eigenvalue weighted by atomic mass is 16.7. The predicted octanol–water partition coefficient (Wildman–Crippen LogP) is 9.79. The minimum absolute atomic E-state index is 0.359. The van der Waals surface area contributed by atoms with Crippen molar-refractivity contribution in [2.24, 2.45) is 0 Å². The van der Waals surface area contributed by atoms with Gasteiger partial charge in [-0.25, -0.2) is 0 Å². The normalized spacial score (nSPS) is 22.2. The maximum Gasteiger partial charge on any atom is 0.184 e. The van der Waals surface area contributed by atoms with E-state index in [1.165, 1.54) is 154 Å². The van der Waals surface area contributed by atoms with Gasteiger partial charge in [-0.3, -0.25) is 0 Å². The van der Waals surface area contributed by atoms with Crippen molar-refractivity contribution in [2.75, 3.05) is 19.8 Å². The zero-order valence-corrected chi connectivity index (χ0v) is 29.4. The number of aliphatic hydroxyl groups excluding tert-OH is 3. The lowest BCUT2D eigenvalue weighted by Crippen LogP contribution is -2.60. The third-order valence-corrected chi connectivity index (χ3v) is 9.43. The predicted molar refractivity (Wildman–Crippen MR) is 184 cm³/mol. The second-order valence-electron chi connectivity index (χ2n) is 13.6. The molecule has 1 rings (SSSR count). The molecule has 6 nitrogen and oxygen atoms in total. The Morgan fingerprint density at radius 2 is 0.727 bits per heavy atom. The van der Waals surface area contributed by atoms with Gasteiger partial charge in [-0.2, -0.15) is 0 Å². The van der Waals surface area contributed by atoms with Crippen LogP contribution in [0.25, 0.3) is 0 Å². The second kappa shape index (κ2) is 31.4. The smallest absolute Gasteiger partial charge is 0.184 e. The van der Waals surface area contributed by atoms with Gasteiger partial charge in [0.25, 0.3) is 0 Å². The first kappa shape index (κ1) is 41.8. The summed E-state index contributed by atoms with van der Waals surface area (Å²) in [5, 5.41) is 30.9. The van der Waals surface area contributed by atoms with E-state index in [-0.39, 0.29) is 6.61 Å². The molecule has 3 N–H and O–H groups in total. The number of aliphatic hydroxyl groups is 3. The Hall–Kier alpha value is -0.240. The van der Waals surface area contributed by atoms with Gasteiger partial charge in [-0.1, -0.05) is 181 Å². The fourth-order valence-corrected chi connectivity index (χ4v) is 6.46. The molecule has 0 aliphatic carbocycles. The lowest BCUT2D eigenvalue weighted by atomic mass is 9.98. The zero-order chi connectivity index (χ0) is 31.9. The summed E-state index contributed by atoms with van der Waals surface area (Å²) in [6.07, 6.45) is 32.0. The van der Waals surface area contributed by atoms with Crippen LogP contribution in [0.3, 0.4) is 0 Å². The van der Waals surface area contributed by atoms with Gasteiger partial charge in [0, 0.05) is 13.2 Å². The van der Waals surface area contributed by atoms with Crippen LogP contribution in [0.1, 0.15) is 194 Å². The Balaban J connectivity index is 2.09. The molecule has 0 bridgehead atoms. The Bertz CT molecular complexity index is 576. The molecule has 0 unspecified atom stereocenters. The van der Waals surface area contributed by atoms with E-state index in [1.807, 2.05) is 0 Å². The molecule has 0 radical (unpaired) electrons. The largest absolute Gasteiger partial charge is 0.394 e. The van der Waals surface area contributed by atoms with Crippen LogP contribution in [-0.4, -0.2) is 65.8 Å². The summed E-state index contributed by atoms with van der Waals surface area (Å²) in [5.74, 6) is 0. The van der Waals surface area contributed by atoms with E-state index in [9.17, 15) is 15.3 Å². The van der Waals surface area contributed by atoms with Crippen LogP contribution in [0.15, 0.2) is 0 Å². The monoisotopic (exact) mass is 629 g/mol. The average Bonchev–Trinajstić information content (AvgIpc) is 3.03. The van der Waals surface area contributed by atoms with Gasteiger partial charge in [-0.05, 0) is 12.8 Å². The number of rotatable bonds is 33. The van der Waals surface area contributed by atoms with E-state index in [1.54, 1.807) is 0 Å². The van der Waals surface area contributed by atoms with E-state index < -0.39 is 30.7 Å². The van der Waals surface area contributed by atoms with Crippen LogP contribution in [-0.2, 0) is 14.2 Å². The Morgan fingerprint density at radius 3 is 1.05 bits per heavy atom. The van der Waals surface area contributed by atoms with Crippen molar-refractivity contribution < 1.29 is 29.5 Å². The Morgan fingerprint density at radius 1 is 0.432 bits per heavy atom. The van der Waals surface area contributed by atoms with Crippen molar-refractivity contribution >= 4 is 0 Å². The zero-order valence-electron chi connectivity index (χ0n) is 29.4. The molecule has 6 heteroatoms. The van der Waals surface area contributed by atoms with Gasteiger partial charge >= 0.3 is 0 Å². The topological polar surface area (TPSA) is 88.4 Å². The Labute approximate surface area is 273 Å². The maximum atomic E-state index is 10.8. The van der Waals surface area contributed by atoms with E-state index in [2.05, 4.69) is 13.8 Å². The highest BCUT2D eigenvalue weighted by Gasteiger charge is 2.45. The molecule has 0 aromatic carbocycles. The van der Waals surface area contributed by atoms with Crippen molar-refractivity contribution in [1.29, 1.82) is 0 Å². The molecular weight excluding hydrogens is 552 g/mol. The Kier molecular flexibility index (Phi) is 29.8. The van der Waals surface area contributed by atoms with Crippen LogP contribution in [0.2, 0.25) is 0 Å². The molecule has 1 aliphatic heterocycles. The first-order valence-electron chi connectivity index (χ1n) is 19.5. The van der Waals surface area contributed by atoms with Crippen molar-refractivity contribution in [3.05, 3.63) is 0 Å². The molecule has 0 spiro atoms. The maximum absolute atomic E-state index is 10.8. The van der Waals surface area contributed by atoms with Gasteiger partial charge in [0.15, 0.2) is 6.29 Å². The lowest BCUT2D eigenvalue weighted by Gasteiger charge is -2.42. The summed E-state index contributed by atoms with van der Waals surface area (Å²) < 4.78 is 17.5. The van der Waals surface area contributed by atoms with E-state index in [0.29, 0.717) is 13.2 Å². The summed E-state index contributed by atoms with van der Waals surface area (Å²) >= 11 is 0. The van der Waals surface area contributed by atoms with E-state index in [0.717, 1.165) is 25.7 Å². The first-order valence-corrected chi connectivity index (χ1v) is 19.5. The van der Waals surface area contributed by atoms with Crippen molar-refractivity contribution in [3.8, 4) is 0 Å². The molecule has 1 fully saturated rings. The number of hydrogen-bond donors (Lipinski definition) is 3. The van der Waals surface area contributed by atoms with Gasteiger partial charge in [0.2, 0.25) is 0 Å². The molecule has 1 aliphatic rings. The van der Waals surface area contributed by atoms with Gasteiger partial charge in [0.05, 0.1) is 6.61 Å². The average molecular weight is 629 g/mol. The van der Waals surface area contributed by atoms with E-state index >= 15 is 0 Å². The standard InChI is InChI=1S/C38H76O6/c1-3-5-7-9-11-13-15-17-19-21-23-25-27-29-31-42-36-35(40)34(33-39)44-38(41)37(36)43-32-30-28-26-24-22-20-18-16-14-12-10-8-6-4-2/h34-41H,3-33H2,1-2H3/t34-,35-,36+,37-,38-/m1/s1. The molecule has 1 saturated heterocycles.